The summed E-state index contributed by atoms with van der Waals surface area (Å²) >= 11 is 0. The maximum absolute atomic E-state index is 12.3. The molecule has 2 aliphatic heterocycles. The topological polar surface area (TPSA) is 58.6 Å². The Morgan fingerprint density at radius 3 is 2.64 bits per heavy atom. The number of rotatable bonds is 3. The number of fused-ring (bicyclic) bond motifs is 2. The zero-order chi connectivity index (χ0) is 15.7. The molecule has 2 unspecified atom stereocenters. The van der Waals surface area contributed by atoms with Crippen LogP contribution < -0.4 is 5.32 Å². The molecular formula is C17H22N2O3. The molecule has 3 rings (SSSR count). The normalized spacial score (nSPS) is 30.8. The molecule has 5 heteroatoms. The smallest absolute Gasteiger partial charge is 0.338 e. The van der Waals surface area contributed by atoms with E-state index in [2.05, 4.69) is 17.3 Å². The van der Waals surface area contributed by atoms with Crippen LogP contribution in [0.1, 0.15) is 29.6 Å². The van der Waals surface area contributed by atoms with Crippen molar-refractivity contribution in [2.45, 2.75) is 37.5 Å². The summed E-state index contributed by atoms with van der Waals surface area (Å²) in [4.78, 5) is 26.9. The third-order valence-corrected chi connectivity index (χ3v) is 5.03. The average molecular weight is 302 g/mol. The van der Waals surface area contributed by atoms with E-state index in [0.29, 0.717) is 11.6 Å². The number of piperidine rings is 1. The molecule has 1 aromatic carbocycles. The van der Waals surface area contributed by atoms with Crippen LogP contribution in [0, 0.1) is 5.92 Å². The van der Waals surface area contributed by atoms with Crippen molar-refractivity contribution in [1.82, 2.24) is 10.2 Å². The minimum Gasteiger partial charge on any atom is -0.458 e. The van der Waals surface area contributed by atoms with Crippen LogP contribution in [0.15, 0.2) is 30.3 Å². The Morgan fingerprint density at radius 1 is 1.23 bits per heavy atom. The molecule has 118 valence electrons. The number of ether oxygens (including phenoxy) is 1. The van der Waals surface area contributed by atoms with Crippen molar-refractivity contribution < 1.29 is 14.3 Å². The number of carbonyl (C=O) groups excluding carboxylic acids is 2. The van der Waals surface area contributed by atoms with Crippen molar-refractivity contribution in [3.63, 3.8) is 0 Å². The highest BCUT2D eigenvalue weighted by Gasteiger charge is 2.50. The Labute approximate surface area is 130 Å². The minimum absolute atomic E-state index is 0.0388. The number of hydrogen-bond acceptors (Lipinski definition) is 4. The van der Waals surface area contributed by atoms with Crippen molar-refractivity contribution in [2.75, 3.05) is 14.1 Å². The first-order valence-electron chi connectivity index (χ1n) is 7.81. The molecular weight excluding hydrogens is 280 g/mol. The molecule has 2 aliphatic rings. The van der Waals surface area contributed by atoms with Gasteiger partial charge in [0.25, 0.3) is 0 Å². The molecule has 1 amide bonds. The van der Waals surface area contributed by atoms with Gasteiger partial charge in [-0.15, -0.1) is 0 Å². The van der Waals surface area contributed by atoms with Gasteiger partial charge in [0.1, 0.15) is 6.10 Å². The van der Waals surface area contributed by atoms with Gasteiger partial charge in [0, 0.05) is 25.6 Å². The predicted molar refractivity (Wildman–Crippen MR) is 82.4 cm³/mol. The lowest BCUT2D eigenvalue weighted by atomic mass is 9.86. The Bertz CT molecular complexity index is 560. The highest BCUT2D eigenvalue weighted by Crippen LogP contribution is 2.39. The summed E-state index contributed by atoms with van der Waals surface area (Å²) in [6.07, 6.45) is 2.43. The molecule has 2 heterocycles. The standard InChI is InChI=1S/C17H22N2O3/c1-18-16(20)15-13-9-8-12(19(13)2)10-14(15)22-17(21)11-6-4-3-5-7-11/h3-7,12-15H,8-10H2,1-2H3,(H,18,20)/t12-,13?,14+,15?/m1/s1. The third kappa shape index (κ3) is 2.61. The van der Waals surface area contributed by atoms with E-state index >= 15 is 0 Å². The highest BCUT2D eigenvalue weighted by molar-refractivity contribution is 5.90. The van der Waals surface area contributed by atoms with Crippen molar-refractivity contribution in [3.05, 3.63) is 35.9 Å². The molecule has 4 atom stereocenters. The van der Waals surface area contributed by atoms with E-state index in [-0.39, 0.29) is 29.9 Å². The van der Waals surface area contributed by atoms with E-state index in [4.69, 9.17) is 4.74 Å². The van der Waals surface area contributed by atoms with Gasteiger partial charge in [0.15, 0.2) is 0 Å². The summed E-state index contributed by atoms with van der Waals surface area (Å²) in [6.45, 7) is 0. The lowest BCUT2D eigenvalue weighted by molar-refractivity contribution is -0.134. The molecule has 5 nitrogen and oxygen atoms in total. The average Bonchev–Trinajstić information content (AvgIpc) is 2.78. The van der Waals surface area contributed by atoms with Crippen LogP contribution in [-0.4, -0.2) is 49.1 Å². The fraction of sp³-hybridized carbons (Fsp3) is 0.529. The zero-order valence-corrected chi connectivity index (χ0v) is 13.0. The van der Waals surface area contributed by atoms with Crippen LogP contribution in [0.25, 0.3) is 0 Å². The second-order valence-corrected chi connectivity index (χ2v) is 6.15. The van der Waals surface area contributed by atoms with Gasteiger partial charge >= 0.3 is 5.97 Å². The number of amides is 1. The summed E-state index contributed by atoms with van der Waals surface area (Å²) in [6, 6.07) is 9.52. The SMILES string of the molecule is CNC(=O)C1C2CC[C@H](C[C@@H]1OC(=O)c1ccccc1)N2C. The predicted octanol–water partition coefficient (Wildman–Crippen LogP) is 1.44. The summed E-state index contributed by atoms with van der Waals surface area (Å²) < 4.78 is 5.72. The quantitative estimate of drug-likeness (QED) is 0.859. The number of benzene rings is 1. The van der Waals surface area contributed by atoms with E-state index in [0.717, 1.165) is 19.3 Å². The van der Waals surface area contributed by atoms with Crippen molar-refractivity contribution >= 4 is 11.9 Å². The molecule has 2 fully saturated rings. The van der Waals surface area contributed by atoms with Gasteiger partial charge in [0.2, 0.25) is 5.91 Å². The molecule has 0 aromatic heterocycles. The number of hydrogen-bond donors (Lipinski definition) is 1. The van der Waals surface area contributed by atoms with Crippen molar-refractivity contribution in [3.8, 4) is 0 Å². The second kappa shape index (κ2) is 6.08. The lowest BCUT2D eigenvalue weighted by Gasteiger charge is -2.41. The van der Waals surface area contributed by atoms with Gasteiger partial charge in [-0.05, 0) is 32.0 Å². The molecule has 0 aliphatic carbocycles. The fourth-order valence-corrected chi connectivity index (χ4v) is 3.83. The van der Waals surface area contributed by atoms with Gasteiger partial charge in [-0.25, -0.2) is 4.79 Å². The molecule has 2 saturated heterocycles. The first kappa shape index (κ1) is 15.0. The zero-order valence-electron chi connectivity index (χ0n) is 13.0. The first-order chi connectivity index (χ1) is 10.6. The van der Waals surface area contributed by atoms with Gasteiger partial charge in [0.05, 0.1) is 11.5 Å². The van der Waals surface area contributed by atoms with Gasteiger partial charge in [-0.3, -0.25) is 9.69 Å². The Balaban J connectivity index is 1.79. The van der Waals surface area contributed by atoms with Crippen molar-refractivity contribution in [1.29, 1.82) is 0 Å². The van der Waals surface area contributed by atoms with Crippen LogP contribution in [0.2, 0.25) is 0 Å². The van der Waals surface area contributed by atoms with E-state index in [9.17, 15) is 9.59 Å². The van der Waals surface area contributed by atoms with Crippen LogP contribution in [0.4, 0.5) is 0 Å². The van der Waals surface area contributed by atoms with Gasteiger partial charge in [-0.1, -0.05) is 18.2 Å². The number of esters is 1. The molecule has 0 spiro atoms. The van der Waals surface area contributed by atoms with Gasteiger partial charge < -0.3 is 10.1 Å². The molecule has 0 radical (unpaired) electrons. The Kier molecular flexibility index (Phi) is 4.16. The first-order valence-corrected chi connectivity index (χ1v) is 7.81. The van der Waals surface area contributed by atoms with Gasteiger partial charge in [-0.2, -0.15) is 0 Å². The van der Waals surface area contributed by atoms with Crippen LogP contribution >= 0.6 is 0 Å². The lowest BCUT2D eigenvalue weighted by Crippen LogP contribution is -2.55. The van der Waals surface area contributed by atoms with E-state index in [1.807, 2.05) is 18.2 Å². The highest BCUT2D eigenvalue weighted by atomic mass is 16.5. The molecule has 1 aromatic rings. The van der Waals surface area contributed by atoms with Crippen molar-refractivity contribution in [2.24, 2.45) is 5.92 Å². The van der Waals surface area contributed by atoms with Crippen LogP contribution in [0.3, 0.4) is 0 Å². The Hall–Kier alpha value is -1.88. The van der Waals surface area contributed by atoms with Crippen LogP contribution in [0.5, 0.6) is 0 Å². The summed E-state index contributed by atoms with van der Waals surface area (Å²) in [5.41, 5.74) is 0.532. The van der Waals surface area contributed by atoms with E-state index < -0.39 is 0 Å². The summed E-state index contributed by atoms with van der Waals surface area (Å²) in [5.74, 6) is -0.673. The fourth-order valence-electron chi connectivity index (χ4n) is 3.83. The maximum atomic E-state index is 12.3. The number of carbonyl (C=O) groups is 2. The largest absolute Gasteiger partial charge is 0.458 e. The minimum atomic E-state index is -0.346. The number of nitrogens with zero attached hydrogens (tertiary/aromatic N) is 1. The molecule has 1 N–H and O–H groups in total. The maximum Gasteiger partial charge on any atom is 0.338 e. The third-order valence-electron chi connectivity index (χ3n) is 5.03. The second-order valence-electron chi connectivity index (χ2n) is 6.15. The van der Waals surface area contributed by atoms with E-state index in [1.54, 1.807) is 19.2 Å². The number of nitrogens with one attached hydrogen (secondary N) is 1. The molecule has 2 bridgehead atoms. The Morgan fingerprint density at radius 2 is 1.95 bits per heavy atom. The van der Waals surface area contributed by atoms with E-state index in [1.165, 1.54) is 0 Å². The summed E-state index contributed by atoms with van der Waals surface area (Å²) in [7, 11) is 3.70. The van der Waals surface area contributed by atoms with Crippen LogP contribution in [-0.2, 0) is 9.53 Å². The molecule has 22 heavy (non-hydrogen) atoms. The summed E-state index contributed by atoms with van der Waals surface area (Å²) in [5, 5.41) is 2.72. The monoisotopic (exact) mass is 302 g/mol. The molecule has 0 saturated carbocycles.